The lowest BCUT2D eigenvalue weighted by molar-refractivity contribution is 0.0697. The number of nitrogens with two attached hydrogens (primary N) is 1. The maximum absolute atomic E-state index is 11.0. The number of carboxylic acid groups (broad SMARTS) is 1. The fraction of sp³-hybridized carbons (Fsp3) is 0.0909. The summed E-state index contributed by atoms with van der Waals surface area (Å²) in [5, 5.41) is 15.9. The molecule has 1 heterocycles. The normalized spacial score (nSPS) is 11.4. The summed E-state index contributed by atoms with van der Waals surface area (Å²) in [5.41, 5.74) is 1.31. The van der Waals surface area contributed by atoms with E-state index in [0.29, 0.717) is 16.3 Å². The van der Waals surface area contributed by atoms with Crippen molar-refractivity contribution in [2.45, 2.75) is 5.75 Å². The molecule has 0 aliphatic heterocycles. The number of nitrogens with zero attached hydrogens (tertiary/aromatic N) is 1. The molecule has 1 aromatic carbocycles. The van der Waals surface area contributed by atoms with Crippen LogP contribution in [0.3, 0.4) is 0 Å². The van der Waals surface area contributed by atoms with Crippen molar-refractivity contribution in [2.24, 2.45) is 5.14 Å². The van der Waals surface area contributed by atoms with Crippen LogP contribution in [0, 0.1) is 0 Å². The first-order chi connectivity index (χ1) is 8.85. The predicted octanol–water partition coefficient (Wildman–Crippen LogP) is 1.30. The van der Waals surface area contributed by atoms with Gasteiger partial charge in [0.2, 0.25) is 10.0 Å². The van der Waals surface area contributed by atoms with Gasteiger partial charge in [0, 0.05) is 10.9 Å². The number of aromatic carboxylic acids is 1. The van der Waals surface area contributed by atoms with E-state index in [1.807, 2.05) is 0 Å². The minimum atomic E-state index is -3.61. The Morgan fingerprint density at radius 1 is 1.42 bits per heavy atom. The van der Waals surface area contributed by atoms with E-state index in [4.69, 9.17) is 10.2 Å². The standard InChI is InChI=1S/C11H10N2O4S2/c12-19(16,17)6-10-13-9(5-18-10)7-2-1-3-8(4-7)11(14)15/h1-5H,6H2,(H,14,15)(H2,12,16,17). The molecule has 2 aromatic rings. The van der Waals surface area contributed by atoms with Crippen LogP contribution in [0.4, 0.5) is 0 Å². The third-order valence-electron chi connectivity index (χ3n) is 2.28. The molecule has 0 saturated carbocycles. The summed E-state index contributed by atoms with van der Waals surface area (Å²) in [5.74, 6) is -1.35. The number of hydrogen-bond acceptors (Lipinski definition) is 5. The molecule has 0 unspecified atom stereocenters. The highest BCUT2D eigenvalue weighted by molar-refractivity contribution is 7.88. The van der Waals surface area contributed by atoms with Crippen molar-refractivity contribution in [1.29, 1.82) is 0 Å². The van der Waals surface area contributed by atoms with Crippen LogP contribution in [0.1, 0.15) is 15.4 Å². The fourth-order valence-corrected chi connectivity index (χ4v) is 3.25. The lowest BCUT2D eigenvalue weighted by atomic mass is 10.1. The van der Waals surface area contributed by atoms with Gasteiger partial charge in [-0.15, -0.1) is 11.3 Å². The third-order valence-corrected chi connectivity index (χ3v) is 3.99. The van der Waals surface area contributed by atoms with E-state index in [2.05, 4.69) is 4.98 Å². The Labute approximate surface area is 113 Å². The van der Waals surface area contributed by atoms with Crippen molar-refractivity contribution in [3.05, 3.63) is 40.2 Å². The number of sulfonamides is 1. The van der Waals surface area contributed by atoms with Crippen molar-refractivity contribution < 1.29 is 18.3 Å². The Bertz CT molecular complexity index is 722. The molecule has 0 atom stereocenters. The van der Waals surface area contributed by atoms with Crippen LogP contribution in [0.25, 0.3) is 11.3 Å². The summed E-state index contributed by atoms with van der Waals surface area (Å²) < 4.78 is 21.9. The van der Waals surface area contributed by atoms with E-state index < -0.39 is 16.0 Å². The molecule has 6 nitrogen and oxygen atoms in total. The highest BCUT2D eigenvalue weighted by Gasteiger charge is 2.11. The zero-order chi connectivity index (χ0) is 14.0. The molecule has 0 aliphatic rings. The molecule has 0 radical (unpaired) electrons. The van der Waals surface area contributed by atoms with Gasteiger partial charge in [-0.3, -0.25) is 0 Å². The second-order valence-electron chi connectivity index (χ2n) is 3.82. The van der Waals surface area contributed by atoms with Gasteiger partial charge in [-0.05, 0) is 12.1 Å². The molecule has 0 saturated heterocycles. The second-order valence-corrected chi connectivity index (χ2v) is 6.38. The van der Waals surface area contributed by atoms with Crippen LogP contribution < -0.4 is 5.14 Å². The average Bonchev–Trinajstić information content (AvgIpc) is 2.75. The molecule has 19 heavy (non-hydrogen) atoms. The molecule has 0 spiro atoms. The van der Waals surface area contributed by atoms with Crippen LogP contribution in [0.15, 0.2) is 29.6 Å². The van der Waals surface area contributed by atoms with Crippen LogP contribution in [-0.2, 0) is 15.8 Å². The van der Waals surface area contributed by atoms with Crippen molar-refractivity contribution in [1.82, 2.24) is 4.98 Å². The number of primary sulfonamides is 1. The van der Waals surface area contributed by atoms with Gasteiger partial charge in [0.1, 0.15) is 10.8 Å². The molecular formula is C11H10N2O4S2. The Balaban J connectivity index is 2.33. The van der Waals surface area contributed by atoms with Crippen LogP contribution in [-0.4, -0.2) is 24.5 Å². The van der Waals surface area contributed by atoms with E-state index in [1.165, 1.54) is 23.5 Å². The average molecular weight is 298 g/mol. The van der Waals surface area contributed by atoms with Crippen molar-refractivity contribution in [2.75, 3.05) is 0 Å². The first-order valence-corrected chi connectivity index (χ1v) is 7.73. The summed E-state index contributed by atoms with van der Waals surface area (Å²) >= 11 is 1.17. The molecule has 2 rings (SSSR count). The maximum Gasteiger partial charge on any atom is 0.335 e. The van der Waals surface area contributed by atoms with Gasteiger partial charge in [-0.25, -0.2) is 23.3 Å². The minimum Gasteiger partial charge on any atom is -0.478 e. The summed E-state index contributed by atoms with van der Waals surface area (Å²) in [7, 11) is -3.61. The number of rotatable bonds is 4. The van der Waals surface area contributed by atoms with Crippen molar-refractivity contribution in [3.8, 4) is 11.3 Å². The van der Waals surface area contributed by atoms with Crippen molar-refractivity contribution in [3.63, 3.8) is 0 Å². The first kappa shape index (κ1) is 13.7. The molecule has 0 aliphatic carbocycles. The SMILES string of the molecule is NS(=O)(=O)Cc1nc(-c2cccc(C(=O)O)c2)cs1. The molecule has 0 fully saturated rings. The lowest BCUT2D eigenvalue weighted by Crippen LogP contribution is -2.14. The third kappa shape index (κ3) is 3.60. The topological polar surface area (TPSA) is 110 Å². The van der Waals surface area contributed by atoms with Crippen LogP contribution >= 0.6 is 11.3 Å². The monoisotopic (exact) mass is 298 g/mol. The zero-order valence-corrected chi connectivity index (χ0v) is 11.2. The van der Waals surface area contributed by atoms with E-state index in [-0.39, 0.29) is 11.3 Å². The summed E-state index contributed by atoms with van der Waals surface area (Å²) in [6, 6.07) is 6.28. The first-order valence-electron chi connectivity index (χ1n) is 5.14. The van der Waals surface area contributed by atoms with Gasteiger partial charge in [0.05, 0.1) is 11.3 Å². The molecule has 3 N–H and O–H groups in total. The van der Waals surface area contributed by atoms with E-state index >= 15 is 0 Å². The predicted molar refractivity (Wildman–Crippen MR) is 71.3 cm³/mol. The number of aromatic nitrogens is 1. The molecule has 0 amide bonds. The second kappa shape index (κ2) is 5.08. The van der Waals surface area contributed by atoms with E-state index in [1.54, 1.807) is 17.5 Å². The molecular weight excluding hydrogens is 288 g/mol. The van der Waals surface area contributed by atoms with Gasteiger partial charge >= 0.3 is 5.97 Å². The summed E-state index contributed by atoms with van der Waals surface area (Å²) in [4.78, 5) is 15.0. The van der Waals surface area contributed by atoms with Crippen LogP contribution in [0.5, 0.6) is 0 Å². The van der Waals surface area contributed by atoms with Gasteiger partial charge < -0.3 is 5.11 Å². The Morgan fingerprint density at radius 3 is 2.79 bits per heavy atom. The largest absolute Gasteiger partial charge is 0.478 e. The van der Waals surface area contributed by atoms with E-state index in [9.17, 15) is 13.2 Å². The van der Waals surface area contributed by atoms with Gasteiger partial charge in [0.15, 0.2) is 0 Å². The molecule has 0 bridgehead atoms. The summed E-state index contributed by atoms with van der Waals surface area (Å²) in [6.07, 6.45) is 0. The van der Waals surface area contributed by atoms with Crippen LogP contribution in [0.2, 0.25) is 0 Å². The van der Waals surface area contributed by atoms with Crippen molar-refractivity contribution >= 4 is 27.3 Å². The number of benzene rings is 1. The highest BCUT2D eigenvalue weighted by Crippen LogP contribution is 2.23. The Morgan fingerprint density at radius 2 is 2.16 bits per heavy atom. The molecule has 100 valence electrons. The minimum absolute atomic E-state index is 0.151. The number of carbonyl (C=O) groups is 1. The number of hydrogen-bond donors (Lipinski definition) is 2. The molecule has 8 heteroatoms. The van der Waals surface area contributed by atoms with Gasteiger partial charge in [0.25, 0.3) is 0 Å². The van der Waals surface area contributed by atoms with Gasteiger partial charge in [-0.1, -0.05) is 12.1 Å². The smallest absolute Gasteiger partial charge is 0.335 e. The van der Waals surface area contributed by atoms with Gasteiger partial charge in [-0.2, -0.15) is 0 Å². The number of carboxylic acids is 1. The lowest BCUT2D eigenvalue weighted by Gasteiger charge is -1.98. The zero-order valence-electron chi connectivity index (χ0n) is 9.61. The Hall–Kier alpha value is -1.77. The fourth-order valence-electron chi connectivity index (χ4n) is 1.49. The summed E-state index contributed by atoms with van der Waals surface area (Å²) in [6.45, 7) is 0. The maximum atomic E-state index is 11.0. The highest BCUT2D eigenvalue weighted by atomic mass is 32.2. The number of thiazole rings is 1. The van der Waals surface area contributed by atoms with E-state index in [0.717, 1.165) is 0 Å². The Kier molecular flexibility index (Phi) is 3.65. The quantitative estimate of drug-likeness (QED) is 0.883. The molecule has 1 aromatic heterocycles.